The first-order valence-corrected chi connectivity index (χ1v) is 9.17. The van der Waals surface area contributed by atoms with Gasteiger partial charge in [-0.05, 0) is 57.5 Å². The van der Waals surface area contributed by atoms with Gasteiger partial charge >= 0.3 is 0 Å². The summed E-state index contributed by atoms with van der Waals surface area (Å²) in [5.74, 6) is 0. The second-order valence-electron chi connectivity index (χ2n) is 5.35. The Morgan fingerprint density at radius 3 is 2.65 bits per heavy atom. The van der Waals surface area contributed by atoms with Gasteiger partial charge in [-0.15, -0.1) is 0 Å². The van der Waals surface area contributed by atoms with E-state index in [1.807, 2.05) is 19.1 Å². The summed E-state index contributed by atoms with van der Waals surface area (Å²) in [4.78, 5) is 2.68. The minimum absolute atomic E-state index is 0.236. The zero-order valence-electron chi connectivity index (χ0n) is 11.9. The van der Waals surface area contributed by atoms with Crippen LogP contribution in [0.1, 0.15) is 25.3 Å². The van der Waals surface area contributed by atoms with E-state index in [1.54, 1.807) is 6.07 Å². The van der Waals surface area contributed by atoms with Gasteiger partial charge in [0.15, 0.2) is 0 Å². The van der Waals surface area contributed by atoms with Crippen LogP contribution in [0.3, 0.4) is 0 Å². The molecule has 0 aliphatic carbocycles. The minimum atomic E-state index is -3.44. The summed E-state index contributed by atoms with van der Waals surface area (Å²) in [7, 11) is -3.44. The highest BCUT2D eigenvalue weighted by molar-refractivity contribution is 9.10. The highest BCUT2D eigenvalue weighted by atomic mass is 79.9. The quantitative estimate of drug-likeness (QED) is 0.877. The fraction of sp³-hybridized carbons (Fsp3) is 0.571. The SMILES string of the molecule is Cc1ccc(Br)cc1S(=O)(=O)NCC(C)N1CCCC1. The van der Waals surface area contributed by atoms with E-state index >= 15 is 0 Å². The van der Waals surface area contributed by atoms with E-state index in [1.165, 1.54) is 12.8 Å². The molecule has 1 aliphatic rings. The zero-order chi connectivity index (χ0) is 14.8. The second kappa shape index (κ2) is 6.56. The van der Waals surface area contributed by atoms with Crippen molar-refractivity contribution >= 4 is 26.0 Å². The maximum atomic E-state index is 12.4. The zero-order valence-corrected chi connectivity index (χ0v) is 14.3. The predicted molar refractivity (Wildman–Crippen MR) is 84.3 cm³/mol. The molecule has 1 aromatic carbocycles. The van der Waals surface area contributed by atoms with Crippen molar-refractivity contribution in [2.75, 3.05) is 19.6 Å². The van der Waals surface area contributed by atoms with E-state index in [4.69, 9.17) is 0 Å². The normalized spacial score (nSPS) is 18.4. The van der Waals surface area contributed by atoms with Crippen molar-refractivity contribution in [1.82, 2.24) is 9.62 Å². The number of likely N-dealkylation sites (tertiary alicyclic amines) is 1. The number of halogens is 1. The van der Waals surface area contributed by atoms with Crippen molar-refractivity contribution in [3.05, 3.63) is 28.2 Å². The van der Waals surface area contributed by atoms with E-state index in [2.05, 4.69) is 32.5 Å². The van der Waals surface area contributed by atoms with Gasteiger partial charge in [-0.1, -0.05) is 22.0 Å². The summed E-state index contributed by atoms with van der Waals surface area (Å²) >= 11 is 3.32. The van der Waals surface area contributed by atoms with Crippen LogP contribution in [0.5, 0.6) is 0 Å². The number of nitrogens with zero attached hydrogens (tertiary/aromatic N) is 1. The fourth-order valence-electron chi connectivity index (χ4n) is 2.48. The lowest BCUT2D eigenvalue weighted by Gasteiger charge is -2.24. The van der Waals surface area contributed by atoms with E-state index in [0.29, 0.717) is 11.4 Å². The van der Waals surface area contributed by atoms with Crippen LogP contribution in [0.2, 0.25) is 0 Å². The fourth-order valence-corrected chi connectivity index (χ4v) is 4.39. The average Bonchev–Trinajstić information content (AvgIpc) is 2.93. The molecule has 0 amide bonds. The van der Waals surface area contributed by atoms with Gasteiger partial charge < -0.3 is 0 Å². The first-order chi connectivity index (χ1) is 9.40. The third-order valence-corrected chi connectivity index (χ3v) is 5.83. The van der Waals surface area contributed by atoms with Crippen molar-refractivity contribution in [2.45, 2.75) is 37.6 Å². The average molecular weight is 361 g/mol. The topological polar surface area (TPSA) is 49.4 Å². The molecule has 0 bridgehead atoms. The molecule has 1 aromatic rings. The first-order valence-electron chi connectivity index (χ1n) is 6.90. The molecule has 0 spiro atoms. The van der Waals surface area contributed by atoms with E-state index < -0.39 is 10.0 Å². The number of aryl methyl sites for hydroxylation is 1. The van der Waals surface area contributed by atoms with Crippen LogP contribution in [0, 0.1) is 6.92 Å². The molecular formula is C14H21BrN2O2S. The molecule has 1 aliphatic heterocycles. The monoisotopic (exact) mass is 360 g/mol. The number of rotatable bonds is 5. The second-order valence-corrected chi connectivity index (χ2v) is 8.00. The molecule has 0 saturated carbocycles. The molecular weight excluding hydrogens is 340 g/mol. The summed E-state index contributed by atoms with van der Waals surface area (Å²) < 4.78 is 28.3. The standard InChI is InChI=1S/C14H21BrN2O2S/c1-11-5-6-13(15)9-14(11)20(18,19)16-10-12(2)17-7-3-4-8-17/h5-6,9,12,16H,3-4,7-8,10H2,1-2H3. The Labute approximate surface area is 129 Å². The van der Waals surface area contributed by atoms with Crippen molar-refractivity contribution in [3.63, 3.8) is 0 Å². The maximum Gasteiger partial charge on any atom is 0.240 e. The molecule has 6 heteroatoms. The Morgan fingerprint density at radius 2 is 2.00 bits per heavy atom. The Bertz CT molecular complexity index is 569. The molecule has 1 atom stereocenters. The third kappa shape index (κ3) is 3.81. The van der Waals surface area contributed by atoms with Gasteiger partial charge in [-0.2, -0.15) is 0 Å². The smallest absolute Gasteiger partial charge is 0.240 e. The van der Waals surface area contributed by atoms with Crippen molar-refractivity contribution in [2.24, 2.45) is 0 Å². The molecule has 0 aromatic heterocycles. The van der Waals surface area contributed by atoms with Gasteiger partial charge in [0.2, 0.25) is 10.0 Å². The van der Waals surface area contributed by atoms with Gasteiger partial charge in [0.1, 0.15) is 0 Å². The number of nitrogens with one attached hydrogen (secondary N) is 1. The largest absolute Gasteiger partial charge is 0.299 e. The van der Waals surface area contributed by atoms with Crippen molar-refractivity contribution in [3.8, 4) is 0 Å². The number of sulfonamides is 1. The van der Waals surface area contributed by atoms with E-state index in [9.17, 15) is 8.42 Å². The molecule has 1 fully saturated rings. The number of benzene rings is 1. The molecule has 0 radical (unpaired) electrons. The summed E-state index contributed by atoms with van der Waals surface area (Å²) in [5, 5.41) is 0. The van der Waals surface area contributed by atoms with Gasteiger partial charge in [-0.25, -0.2) is 13.1 Å². The maximum absolute atomic E-state index is 12.4. The number of hydrogen-bond donors (Lipinski definition) is 1. The van der Waals surface area contributed by atoms with Crippen molar-refractivity contribution in [1.29, 1.82) is 0 Å². The first kappa shape index (κ1) is 15.9. The minimum Gasteiger partial charge on any atom is -0.299 e. The lowest BCUT2D eigenvalue weighted by Crippen LogP contribution is -2.40. The molecule has 20 heavy (non-hydrogen) atoms. The van der Waals surface area contributed by atoms with Gasteiger partial charge in [0.25, 0.3) is 0 Å². The predicted octanol–water partition coefficient (Wildman–Crippen LogP) is 2.52. The summed E-state index contributed by atoms with van der Waals surface area (Å²) in [6, 6.07) is 5.54. The van der Waals surface area contributed by atoms with Crippen LogP contribution in [-0.2, 0) is 10.0 Å². The molecule has 1 saturated heterocycles. The Kier molecular flexibility index (Phi) is 5.23. The van der Waals surface area contributed by atoms with Crippen LogP contribution in [0.25, 0.3) is 0 Å². The number of hydrogen-bond acceptors (Lipinski definition) is 3. The van der Waals surface area contributed by atoms with Crippen molar-refractivity contribution < 1.29 is 8.42 Å². The highest BCUT2D eigenvalue weighted by Gasteiger charge is 2.22. The lowest BCUT2D eigenvalue weighted by atomic mass is 10.2. The van der Waals surface area contributed by atoms with Gasteiger partial charge in [0.05, 0.1) is 4.90 Å². The molecule has 112 valence electrons. The van der Waals surface area contributed by atoms with Crippen LogP contribution in [-0.4, -0.2) is 39.0 Å². The van der Waals surface area contributed by atoms with Crippen LogP contribution in [0.15, 0.2) is 27.6 Å². The Morgan fingerprint density at radius 1 is 1.35 bits per heavy atom. The molecule has 4 nitrogen and oxygen atoms in total. The van der Waals surface area contributed by atoms with Crippen LogP contribution >= 0.6 is 15.9 Å². The summed E-state index contributed by atoms with van der Waals surface area (Å²) in [5.41, 5.74) is 0.759. The van der Waals surface area contributed by atoms with Gasteiger partial charge in [-0.3, -0.25) is 4.90 Å². The van der Waals surface area contributed by atoms with Crippen LogP contribution < -0.4 is 4.72 Å². The van der Waals surface area contributed by atoms with E-state index in [-0.39, 0.29) is 6.04 Å². The van der Waals surface area contributed by atoms with Crippen LogP contribution in [0.4, 0.5) is 0 Å². The molecule has 2 rings (SSSR count). The Balaban J connectivity index is 2.05. The van der Waals surface area contributed by atoms with Gasteiger partial charge in [0, 0.05) is 17.1 Å². The lowest BCUT2D eigenvalue weighted by molar-refractivity contribution is 0.260. The highest BCUT2D eigenvalue weighted by Crippen LogP contribution is 2.20. The summed E-state index contributed by atoms with van der Waals surface area (Å²) in [6.45, 7) is 6.47. The third-order valence-electron chi connectivity index (χ3n) is 3.77. The summed E-state index contributed by atoms with van der Waals surface area (Å²) in [6.07, 6.45) is 2.42. The molecule has 1 heterocycles. The van der Waals surface area contributed by atoms with E-state index in [0.717, 1.165) is 23.1 Å². The molecule has 1 N–H and O–H groups in total. The Hall–Kier alpha value is -0.430. The molecule has 1 unspecified atom stereocenters.